The van der Waals surface area contributed by atoms with Crippen molar-refractivity contribution in [3.8, 4) is 0 Å². The molecule has 1 spiro atoms. The summed E-state index contributed by atoms with van der Waals surface area (Å²) in [4.78, 5) is 9.52. The van der Waals surface area contributed by atoms with Crippen molar-refractivity contribution in [1.29, 1.82) is 0 Å². The molecule has 2 saturated heterocycles. The number of nitrogens with two attached hydrogens (primary N) is 1. The van der Waals surface area contributed by atoms with Gasteiger partial charge in [0.25, 0.3) is 0 Å². The minimum atomic E-state index is 0.109. The predicted octanol–water partition coefficient (Wildman–Crippen LogP) is 2.13. The van der Waals surface area contributed by atoms with Crippen LogP contribution in [-0.4, -0.2) is 42.1 Å². The second-order valence-electron chi connectivity index (χ2n) is 7.03. The normalized spacial score (nSPS) is 35.5. The van der Waals surface area contributed by atoms with E-state index >= 15 is 0 Å². The van der Waals surface area contributed by atoms with E-state index in [1.54, 1.807) is 0 Å². The first-order chi connectivity index (χ1) is 10.1. The van der Waals surface area contributed by atoms with E-state index in [1.165, 1.54) is 36.9 Å². The number of nitrogens with zero attached hydrogens (tertiary/aromatic N) is 3. The average Bonchev–Trinajstić information content (AvgIpc) is 2.87. The van der Waals surface area contributed by atoms with Gasteiger partial charge in [-0.05, 0) is 51.8 Å². The van der Waals surface area contributed by atoms with Crippen molar-refractivity contribution in [3.05, 3.63) is 29.8 Å². The van der Waals surface area contributed by atoms with Crippen LogP contribution in [0.4, 0.5) is 5.69 Å². The molecule has 0 saturated carbocycles. The van der Waals surface area contributed by atoms with Crippen LogP contribution in [0.2, 0.25) is 0 Å². The highest BCUT2D eigenvalue weighted by atomic mass is 15.4. The number of rotatable bonds is 1. The zero-order valence-corrected chi connectivity index (χ0v) is 12.9. The van der Waals surface area contributed by atoms with Gasteiger partial charge in [-0.2, -0.15) is 0 Å². The van der Waals surface area contributed by atoms with Gasteiger partial charge in [-0.15, -0.1) is 0 Å². The lowest BCUT2D eigenvalue weighted by Gasteiger charge is -2.48. The third-order valence-corrected chi connectivity index (χ3v) is 5.75. The molecule has 2 N–H and O–H groups in total. The SMILES string of the molecule is Cc1ccc(N2C(N)=NCC23CC2CCC(C3)N2C)cc1. The number of anilines is 1. The molecule has 4 nitrogen and oxygen atoms in total. The fourth-order valence-electron chi connectivity index (χ4n) is 4.57. The Morgan fingerprint density at radius 2 is 1.76 bits per heavy atom. The van der Waals surface area contributed by atoms with Gasteiger partial charge >= 0.3 is 0 Å². The lowest BCUT2D eigenvalue weighted by Crippen LogP contribution is -2.60. The number of hydrogen-bond donors (Lipinski definition) is 1. The highest BCUT2D eigenvalue weighted by Gasteiger charge is 2.52. The van der Waals surface area contributed by atoms with Crippen LogP contribution in [-0.2, 0) is 0 Å². The van der Waals surface area contributed by atoms with Crippen molar-refractivity contribution in [3.63, 3.8) is 0 Å². The first-order valence-corrected chi connectivity index (χ1v) is 7.98. The third kappa shape index (κ3) is 1.89. The minimum absolute atomic E-state index is 0.109. The fraction of sp³-hybridized carbons (Fsp3) is 0.588. The summed E-state index contributed by atoms with van der Waals surface area (Å²) in [6.45, 7) is 2.98. The van der Waals surface area contributed by atoms with Crippen molar-refractivity contribution in [1.82, 2.24) is 4.90 Å². The van der Waals surface area contributed by atoms with E-state index in [-0.39, 0.29) is 5.54 Å². The lowest BCUT2D eigenvalue weighted by molar-refractivity contribution is 0.122. The molecule has 2 atom stereocenters. The molecule has 2 bridgehead atoms. The molecule has 0 amide bonds. The van der Waals surface area contributed by atoms with Crippen molar-refractivity contribution in [2.75, 3.05) is 18.5 Å². The van der Waals surface area contributed by atoms with E-state index in [0.717, 1.165) is 6.54 Å². The van der Waals surface area contributed by atoms with Crippen LogP contribution in [0.25, 0.3) is 0 Å². The number of fused-ring (bicyclic) bond motifs is 2. The monoisotopic (exact) mass is 284 g/mol. The van der Waals surface area contributed by atoms with Crippen LogP contribution in [0, 0.1) is 6.92 Å². The van der Waals surface area contributed by atoms with E-state index in [9.17, 15) is 0 Å². The summed E-state index contributed by atoms with van der Waals surface area (Å²) < 4.78 is 0. The molecule has 1 aromatic carbocycles. The largest absolute Gasteiger partial charge is 0.369 e. The topological polar surface area (TPSA) is 44.9 Å². The van der Waals surface area contributed by atoms with Gasteiger partial charge in [0.1, 0.15) is 0 Å². The molecule has 0 radical (unpaired) electrons. The van der Waals surface area contributed by atoms with Gasteiger partial charge in [0.15, 0.2) is 5.96 Å². The third-order valence-electron chi connectivity index (χ3n) is 5.75. The molecular weight excluding hydrogens is 260 g/mol. The standard InChI is InChI=1S/C17H24N4/c1-12-3-5-13(6-4-12)21-16(18)19-11-17(21)9-14-7-8-15(10-17)20(14)2/h3-6,14-15H,7-11H2,1-2H3,(H2,18,19). The van der Waals surface area contributed by atoms with Crippen LogP contribution < -0.4 is 10.6 Å². The van der Waals surface area contributed by atoms with E-state index in [1.807, 2.05) is 0 Å². The molecule has 112 valence electrons. The fourth-order valence-corrected chi connectivity index (χ4v) is 4.57. The molecular formula is C17H24N4. The number of piperidine rings is 1. The first-order valence-electron chi connectivity index (χ1n) is 7.98. The number of aliphatic imine (C=N–C) groups is 1. The van der Waals surface area contributed by atoms with E-state index in [4.69, 9.17) is 5.73 Å². The van der Waals surface area contributed by atoms with Crippen LogP contribution in [0.15, 0.2) is 29.3 Å². The molecule has 3 heterocycles. The summed E-state index contributed by atoms with van der Waals surface area (Å²) in [5.74, 6) is 0.697. The highest BCUT2D eigenvalue weighted by Crippen LogP contribution is 2.46. The van der Waals surface area contributed by atoms with E-state index < -0.39 is 0 Å². The first kappa shape index (κ1) is 13.1. The smallest absolute Gasteiger partial charge is 0.196 e. The number of aryl methyl sites for hydroxylation is 1. The Balaban J connectivity index is 1.71. The Bertz CT molecular complexity index is 563. The van der Waals surface area contributed by atoms with Crippen molar-refractivity contribution in [2.45, 2.75) is 50.2 Å². The van der Waals surface area contributed by atoms with Crippen molar-refractivity contribution >= 4 is 11.6 Å². The van der Waals surface area contributed by atoms with Gasteiger partial charge in [-0.3, -0.25) is 4.99 Å². The maximum Gasteiger partial charge on any atom is 0.196 e. The summed E-state index contributed by atoms with van der Waals surface area (Å²) in [6.07, 6.45) is 5.01. The molecule has 4 heteroatoms. The summed E-state index contributed by atoms with van der Waals surface area (Å²) >= 11 is 0. The summed E-state index contributed by atoms with van der Waals surface area (Å²) in [6, 6.07) is 10.1. The molecule has 0 aromatic heterocycles. The number of hydrogen-bond acceptors (Lipinski definition) is 4. The van der Waals surface area contributed by atoms with Gasteiger partial charge in [0.2, 0.25) is 0 Å². The van der Waals surface area contributed by atoms with Crippen LogP contribution in [0.5, 0.6) is 0 Å². The molecule has 3 aliphatic rings. The molecule has 21 heavy (non-hydrogen) atoms. The average molecular weight is 284 g/mol. The Morgan fingerprint density at radius 1 is 1.14 bits per heavy atom. The van der Waals surface area contributed by atoms with Crippen molar-refractivity contribution < 1.29 is 0 Å². The quantitative estimate of drug-likeness (QED) is 0.859. The number of guanidine groups is 1. The Labute approximate surface area is 126 Å². The molecule has 3 aliphatic heterocycles. The molecule has 0 aliphatic carbocycles. The molecule has 1 aromatic rings. The summed E-state index contributed by atoms with van der Waals surface area (Å²) in [5, 5.41) is 0. The maximum atomic E-state index is 6.26. The zero-order chi connectivity index (χ0) is 14.6. The maximum absolute atomic E-state index is 6.26. The Hall–Kier alpha value is -1.55. The minimum Gasteiger partial charge on any atom is -0.369 e. The number of benzene rings is 1. The van der Waals surface area contributed by atoms with E-state index in [0.29, 0.717) is 18.0 Å². The second-order valence-corrected chi connectivity index (χ2v) is 7.03. The molecule has 2 unspecified atom stereocenters. The molecule has 2 fully saturated rings. The zero-order valence-electron chi connectivity index (χ0n) is 12.9. The Kier molecular flexibility index (Phi) is 2.80. The van der Waals surface area contributed by atoms with E-state index in [2.05, 4.69) is 53.0 Å². The van der Waals surface area contributed by atoms with Gasteiger partial charge in [-0.25, -0.2) is 0 Å². The van der Waals surface area contributed by atoms with Gasteiger partial charge < -0.3 is 15.5 Å². The van der Waals surface area contributed by atoms with Crippen LogP contribution in [0.1, 0.15) is 31.2 Å². The summed E-state index contributed by atoms with van der Waals surface area (Å²) in [5.41, 5.74) is 8.85. The summed E-state index contributed by atoms with van der Waals surface area (Å²) in [7, 11) is 2.28. The second kappa shape index (κ2) is 4.47. The van der Waals surface area contributed by atoms with Crippen LogP contribution in [0.3, 0.4) is 0 Å². The Morgan fingerprint density at radius 3 is 2.38 bits per heavy atom. The molecule has 4 rings (SSSR count). The highest BCUT2D eigenvalue weighted by molar-refractivity contribution is 5.98. The van der Waals surface area contributed by atoms with Crippen LogP contribution >= 0.6 is 0 Å². The van der Waals surface area contributed by atoms with Gasteiger partial charge in [-0.1, -0.05) is 17.7 Å². The predicted molar refractivity (Wildman–Crippen MR) is 86.7 cm³/mol. The lowest BCUT2D eigenvalue weighted by atomic mass is 9.82. The van der Waals surface area contributed by atoms with Crippen molar-refractivity contribution in [2.24, 2.45) is 10.7 Å². The van der Waals surface area contributed by atoms with Gasteiger partial charge in [0.05, 0.1) is 12.1 Å². The van der Waals surface area contributed by atoms with Gasteiger partial charge in [0, 0.05) is 17.8 Å².